The van der Waals surface area contributed by atoms with E-state index in [1.807, 2.05) is 12.1 Å². The SMILES string of the molecule is O=[N+]([O-])c1ccc(OCC2CO[C@@](CBr)(c3ccc(Cl)cc3)O2)cc1. The molecular weight excluding hydrogens is 414 g/mol. The van der Waals surface area contributed by atoms with Crippen molar-refractivity contribution in [3.63, 3.8) is 0 Å². The lowest BCUT2D eigenvalue weighted by molar-refractivity contribution is -0.384. The number of hydrogen-bond acceptors (Lipinski definition) is 5. The lowest BCUT2D eigenvalue weighted by Gasteiger charge is -2.26. The standard InChI is InChI=1S/C17H15BrClNO5/c18-11-17(12-1-3-13(19)4-2-12)24-10-16(25-17)9-23-15-7-5-14(6-8-15)20(21)22/h1-8,16H,9-11H2/t16?,17-/m1/s1. The molecule has 3 rings (SSSR count). The van der Waals surface area contributed by atoms with Crippen molar-refractivity contribution >= 4 is 33.2 Å². The van der Waals surface area contributed by atoms with Gasteiger partial charge < -0.3 is 14.2 Å². The van der Waals surface area contributed by atoms with Crippen LogP contribution >= 0.6 is 27.5 Å². The van der Waals surface area contributed by atoms with E-state index in [0.717, 1.165) is 5.56 Å². The molecule has 1 saturated heterocycles. The number of rotatable bonds is 6. The second-order valence-corrected chi connectivity index (χ2v) is 6.50. The van der Waals surface area contributed by atoms with Gasteiger partial charge in [0.1, 0.15) is 18.5 Å². The van der Waals surface area contributed by atoms with Gasteiger partial charge >= 0.3 is 0 Å². The van der Waals surface area contributed by atoms with Crippen LogP contribution in [0.15, 0.2) is 48.5 Å². The molecule has 132 valence electrons. The van der Waals surface area contributed by atoms with Gasteiger partial charge in [0.2, 0.25) is 5.79 Å². The summed E-state index contributed by atoms with van der Waals surface area (Å²) in [7, 11) is 0. The Morgan fingerprint density at radius 2 is 1.92 bits per heavy atom. The van der Waals surface area contributed by atoms with Crippen LogP contribution in [0.5, 0.6) is 5.75 Å². The smallest absolute Gasteiger partial charge is 0.269 e. The lowest BCUT2D eigenvalue weighted by atomic mass is 10.1. The van der Waals surface area contributed by atoms with Crippen LogP contribution in [-0.4, -0.2) is 29.6 Å². The molecule has 0 radical (unpaired) electrons. The molecule has 1 aliphatic rings. The van der Waals surface area contributed by atoms with E-state index in [9.17, 15) is 10.1 Å². The van der Waals surface area contributed by atoms with Gasteiger partial charge in [-0.05, 0) is 24.3 Å². The van der Waals surface area contributed by atoms with E-state index in [1.54, 1.807) is 24.3 Å². The van der Waals surface area contributed by atoms with Crippen LogP contribution in [-0.2, 0) is 15.3 Å². The summed E-state index contributed by atoms with van der Waals surface area (Å²) in [5.74, 6) is -0.342. The average Bonchev–Trinajstić information content (AvgIpc) is 3.06. The fourth-order valence-electron chi connectivity index (χ4n) is 2.50. The molecule has 1 heterocycles. The molecule has 1 fully saturated rings. The predicted octanol–water partition coefficient (Wildman–Crippen LogP) is 4.29. The number of nitrogens with zero attached hydrogens (tertiary/aromatic N) is 1. The van der Waals surface area contributed by atoms with Crippen LogP contribution in [0.3, 0.4) is 0 Å². The third kappa shape index (κ3) is 4.12. The van der Waals surface area contributed by atoms with Gasteiger partial charge in [-0.2, -0.15) is 0 Å². The van der Waals surface area contributed by atoms with Crippen molar-refractivity contribution < 1.29 is 19.1 Å². The average molecular weight is 429 g/mol. The quantitative estimate of drug-likeness (QED) is 0.390. The largest absolute Gasteiger partial charge is 0.491 e. The Morgan fingerprint density at radius 1 is 1.24 bits per heavy atom. The van der Waals surface area contributed by atoms with Crippen LogP contribution in [0.2, 0.25) is 5.02 Å². The van der Waals surface area contributed by atoms with Gasteiger partial charge in [0.05, 0.1) is 16.9 Å². The second-order valence-electron chi connectivity index (χ2n) is 5.51. The van der Waals surface area contributed by atoms with Crippen LogP contribution in [0, 0.1) is 10.1 Å². The Bertz CT molecular complexity index is 740. The van der Waals surface area contributed by atoms with E-state index in [2.05, 4.69) is 15.9 Å². The third-order valence-electron chi connectivity index (χ3n) is 3.80. The summed E-state index contributed by atoms with van der Waals surface area (Å²) in [6.07, 6.45) is -0.261. The first-order chi connectivity index (χ1) is 12.0. The van der Waals surface area contributed by atoms with E-state index < -0.39 is 10.7 Å². The number of ether oxygens (including phenoxy) is 3. The number of nitro groups is 1. The molecule has 1 aliphatic heterocycles. The van der Waals surface area contributed by atoms with Crippen molar-refractivity contribution in [3.8, 4) is 5.75 Å². The Morgan fingerprint density at radius 3 is 2.52 bits per heavy atom. The molecule has 0 aliphatic carbocycles. The molecule has 2 aromatic carbocycles. The van der Waals surface area contributed by atoms with Gasteiger partial charge in [-0.25, -0.2) is 0 Å². The summed E-state index contributed by atoms with van der Waals surface area (Å²) in [6.45, 7) is 0.654. The monoisotopic (exact) mass is 427 g/mol. The Labute approximate surface area is 157 Å². The molecule has 0 spiro atoms. The highest BCUT2D eigenvalue weighted by atomic mass is 79.9. The molecule has 0 aromatic heterocycles. The van der Waals surface area contributed by atoms with Crippen molar-refractivity contribution in [2.24, 2.45) is 0 Å². The fraction of sp³-hybridized carbons (Fsp3) is 0.294. The molecule has 0 N–H and O–H groups in total. The number of halogens is 2. The molecule has 1 unspecified atom stereocenters. The summed E-state index contributed by atoms with van der Waals surface area (Å²) < 4.78 is 17.6. The summed E-state index contributed by atoms with van der Waals surface area (Å²) >= 11 is 9.37. The molecule has 2 atom stereocenters. The van der Waals surface area contributed by atoms with E-state index in [1.165, 1.54) is 12.1 Å². The minimum absolute atomic E-state index is 0.0221. The summed E-state index contributed by atoms with van der Waals surface area (Å²) in [4.78, 5) is 10.2. The zero-order valence-corrected chi connectivity index (χ0v) is 15.4. The maximum absolute atomic E-state index is 10.7. The number of benzene rings is 2. The zero-order valence-electron chi connectivity index (χ0n) is 13.1. The number of hydrogen-bond donors (Lipinski definition) is 0. The van der Waals surface area contributed by atoms with E-state index in [-0.39, 0.29) is 18.4 Å². The van der Waals surface area contributed by atoms with E-state index in [4.69, 9.17) is 25.8 Å². The van der Waals surface area contributed by atoms with Gasteiger partial charge in [0.15, 0.2) is 0 Å². The molecular formula is C17H15BrClNO5. The summed E-state index contributed by atoms with van der Waals surface area (Å²) in [6, 6.07) is 13.2. The van der Waals surface area contributed by atoms with Crippen LogP contribution in [0.1, 0.15) is 5.56 Å². The first-order valence-electron chi connectivity index (χ1n) is 7.53. The topological polar surface area (TPSA) is 70.8 Å². The van der Waals surface area contributed by atoms with Crippen molar-refractivity contribution in [3.05, 3.63) is 69.2 Å². The number of nitro benzene ring substituents is 1. The van der Waals surface area contributed by atoms with Gasteiger partial charge in [0, 0.05) is 22.7 Å². The highest BCUT2D eigenvalue weighted by Gasteiger charge is 2.42. The highest BCUT2D eigenvalue weighted by molar-refractivity contribution is 9.09. The molecule has 8 heteroatoms. The normalized spacial score (nSPS) is 22.7. The fourth-order valence-corrected chi connectivity index (χ4v) is 3.25. The molecule has 25 heavy (non-hydrogen) atoms. The first kappa shape index (κ1) is 18.1. The van der Waals surface area contributed by atoms with Crippen molar-refractivity contribution in [1.82, 2.24) is 0 Å². The Kier molecular flexibility index (Phi) is 5.58. The predicted molar refractivity (Wildman–Crippen MR) is 96.3 cm³/mol. The minimum atomic E-state index is -0.881. The van der Waals surface area contributed by atoms with Crippen molar-refractivity contribution in [1.29, 1.82) is 0 Å². The molecule has 0 bridgehead atoms. The molecule has 2 aromatic rings. The molecule has 0 amide bonds. The minimum Gasteiger partial charge on any atom is -0.491 e. The molecule has 0 saturated carbocycles. The van der Waals surface area contributed by atoms with Gasteiger partial charge in [-0.3, -0.25) is 10.1 Å². The zero-order chi connectivity index (χ0) is 17.9. The second kappa shape index (κ2) is 7.70. The van der Waals surface area contributed by atoms with E-state index >= 15 is 0 Å². The van der Waals surface area contributed by atoms with Gasteiger partial charge in [-0.15, -0.1) is 0 Å². The maximum Gasteiger partial charge on any atom is 0.269 e. The van der Waals surface area contributed by atoms with Crippen molar-refractivity contribution in [2.45, 2.75) is 11.9 Å². The Hall–Kier alpha value is -1.67. The van der Waals surface area contributed by atoms with Gasteiger partial charge in [-0.1, -0.05) is 39.7 Å². The number of non-ortho nitro benzene ring substituents is 1. The van der Waals surface area contributed by atoms with Crippen LogP contribution in [0.4, 0.5) is 5.69 Å². The maximum atomic E-state index is 10.7. The first-order valence-corrected chi connectivity index (χ1v) is 9.03. The van der Waals surface area contributed by atoms with Crippen LogP contribution in [0.25, 0.3) is 0 Å². The van der Waals surface area contributed by atoms with Crippen LogP contribution < -0.4 is 4.74 Å². The molecule has 6 nitrogen and oxygen atoms in total. The lowest BCUT2D eigenvalue weighted by Crippen LogP contribution is -2.31. The number of alkyl halides is 1. The third-order valence-corrected chi connectivity index (χ3v) is 4.79. The highest BCUT2D eigenvalue weighted by Crippen LogP contribution is 2.36. The summed E-state index contributed by atoms with van der Waals surface area (Å²) in [5, 5.41) is 11.8. The van der Waals surface area contributed by atoms with E-state index in [0.29, 0.717) is 22.7 Å². The van der Waals surface area contributed by atoms with Crippen molar-refractivity contribution in [2.75, 3.05) is 18.5 Å². The Balaban J connectivity index is 1.61. The summed E-state index contributed by atoms with van der Waals surface area (Å²) in [5.41, 5.74) is 0.889. The van der Waals surface area contributed by atoms with Gasteiger partial charge in [0.25, 0.3) is 5.69 Å².